The Kier molecular flexibility index (Phi) is 6.55. The van der Waals surface area contributed by atoms with Gasteiger partial charge in [-0.2, -0.15) is 5.10 Å². The van der Waals surface area contributed by atoms with E-state index in [-0.39, 0.29) is 12.0 Å². The lowest BCUT2D eigenvalue weighted by atomic mass is 10.1. The van der Waals surface area contributed by atoms with Crippen molar-refractivity contribution in [2.45, 2.75) is 45.9 Å². The normalized spacial score (nSPS) is 14.7. The zero-order chi connectivity index (χ0) is 24.4. The molecule has 0 spiro atoms. The number of amides is 1. The molecule has 8 nitrogen and oxygen atoms in total. The first-order valence-electron chi connectivity index (χ1n) is 12.0. The number of hydrogen-bond acceptors (Lipinski definition) is 6. The lowest BCUT2D eigenvalue weighted by Gasteiger charge is -2.31. The lowest BCUT2D eigenvalue weighted by molar-refractivity contribution is 0.0589. The number of likely N-dealkylation sites (tertiary alicyclic amines) is 1. The number of aromatic nitrogens is 3. The van der Waals surface area contributed by atoms with E-state index in [1.807, 2.05) is 43.0 Å². The van der Waals surface area contributed by atoms with Gasteiger partial charge in [0.1, 0.15) is 11.9 Å². The second-order valence-electron chi connectivity index (χ2n) is 9.40. The highest BCUT2D eigenvalue weighted by molar-refractivity contribution is 5.93. The van der Waals surface area contributed by atoms with Crippen LogP contribution >= 0.6 is 0 Å². The van der Waals surface area contributed by atoms with Gasteiger partial charge >= 0.3 is 0 Å². The maximum atomic E-state index is 13.1. The number of aryl methyl sites for hydroxylation is 2. The molecule has 3 aromatic heterocycles. The molecule has 1 aromatic carbocycles. The second kappa shape index (κ2) is 9.92. The van der Waals surface area contributed by atoms with Crippen molar-refractivity contribution in [1.29, 1.82) is 0 Å². The predicted molar refractivity (Wildman–Crippen MR) is 132 cm³/mol. The summed E-state index contributed by atoms with van der Waals surface area (Å²) in [5.74, 6) is 0.829. The molecule has 0 unspecified atom stereocenters. The Morgan fingerprint density at radius 2 is 1.91 bits per heavy atom. The van der Waals surface area contributed by atoms with E-state index in [4.69, 9.17) is 9.15 Å². The van der Waals surface area contributed by atoms with Crippen LogP contribution in [0.15, 0.2) is 59.4 Å². The number of carbonyl (C=O) groups excluding carboxylic acids is 1. The fourth-order valence-corrected chi connectivity index (χ4v) is 4.70. The topological polar surface area (TPSA) is 76.1 Å². The highest BCUT2D eigenvalue weighted by Gasteiger charge is 2.26. The SMILES string of the molecule is Cc1cc(C)n2nc(C(=O)N3CCC(Oc4cccc(CN(C)Cc5ccoc5)c4)CC3)cc2n1. The average Bonchev–Trinajstić information content (AvgIpc) is 3.49. The van der Waals surface area contributed by atoms with Crippen molar-refractivity contribution >= 4 is 11.6 Å². The van der Waals surface area contributed by atoms with Crippen LogP contribution in [0.1, 0.15) is 45.8 Å². The van der Waals surface area contributed by atoms with Gasteiger partial charge in [-0.3, -0.25) is 9.69 Å². The van der Waals surface area contributed by atoms with Gasteiger partial charge in [-0.1, -0.05) is 12.1 Å². The number of furan rings is 1. The van der Waals surface area contributed by atoms with Gasteiger partial charge in [-0.15, -0.1) is 0 Å². The van der Waals surface area contributed by atoms with Gasteiger partial charge in [-0.25, -0.2) is 9.50 Å². The molecule has 8 heteroatoms. The summed E-state index contributed by atoms with van der Waals surface area (Å²) in [6.45, 7) is 6.86. The Morgan fingerprint density at radius 1 is 1.11 bits per heavy atom. The molecule has 1 amide bonds. The number of carbonyl (C=O) groups is 1. The van der Waals surface area contributed by atoms with E-state index < -0.39 is 0 Å². The number of rotatable bonds is 7. The third-order valence-electron chi connectivity index (χ3n) is 6.37. The Labute approximate surface area is 205 Å². The number of ether oxygens (including phenoxy) is 1. The van der Waals surface area contributed by atoms with Crippen molar-refractivity contribution in [2.24, 2.45) is 0 Å². The largest absolute Gasteiger partial charge is 0.490 e. The molecule has 1 saturated heterocycles. The molecule has 4 heterocycles. The van der Waals surface area contributed by atoms with E-state index >= 15 is 0 Å². The van der Waals surface area contributed by atoms with Crippen LogP contribution in [0.5, 0.6) is 5.75 Å². The minimum absolute atomic E-state index is 0.0475. The van der Waals surface area contributed by atoms with E-state index in [0.717, 1.165) is 48.6 Å². The fourth-order valence-electron chi connectivity index (χ4n) is 4.70. The van der Waals surface area contributed by atoms with Crippen molar-refractivity contribution in [3.05, 3.63) is 83.2 Å². The molecule has 4 aromatic rings. The smallest absolute Gasteiger partial charge is 0.274 e. The molecular weight excluding hydrogens is 442 g/mol. The molecule has 0 saturated carbocycles. The van der Waals surface area contributed by atoms with Gasteiger partial charge in [0.05, 0.1) is 12.5 Å². The van der Waals surface area contributed by atoms with Gasteiger partial charge in [-0.05, 0) is 50.7 Å². The van der Waals surface area contributed by atoms with Gasteiger partial charge in [0.25, 0.3) is 5.91 Å². The maximum absolute atomic E-state index is 13.1. The van der Waals surface area contributed by atoms with Crippen LogP contribution in [0.25, 0.3) is 5.65 Å². The zero-order valence-electron chi connectivity index (χ0n) is 20.5. The van der Waals surface area contributed by atoms with Gasteiger partial charge in [0.15, 0.2) is 11.3 Å². The minimum Gasteiger partial charge on any atom is -0.490 e. The number of piperidine rings is 1. The zero-order valence-corrected chi connectivity index (χ0v) is 20.5. The van der Waals surface area contributed by atoms with Crippen molar-refractivity contribution in [3.8, 4) is 5.75 Å². The van der Waals surface area contributed by atoms with Crippen LogP contribution in [0.3, 0.4) is 0 Å². The van der Waals surface area contributed by atoms with Crippen LogP contribution in [0.4, 0.5) is 0 Å². The van der Waals surface area contributed by atoms with Crippen LogP contribution < -0.4 is 4.74 Å². The van der Waals surface area contributed by atoms with Gasteiger partial charge in [0, 0.05) is 62.0 Å². The molecule has 1 aliphatic rings. The molecule has 182 valence electrons. The minimum atomic E-state index is -0.0475. The number of hydrogen-bond donors (Lipinski definition) is 0. The van der Waals surface area contributed by atoms with Crippen molar-refractivity contribution in [2.75, 3.05) is 20.1 Å². The van der Waals surface area contributed by atoms with E-state index in [1.54, 1.807) is 23.1 Å². The number of fused-ring (bicyclic) bond motifs is 1. The van der Waals surface area contributed by atoms with Crippen molar-refractivity contribution < 1.29 is 13.9 Å². The van der Waals surface area contributed by atoms with E-state index in [1.165, 1.54) is 5.56 Å². The molecular formula is C27H31N5O3. The van der Waals surface area contributed by atoms with Crippen molar-refractivity contribution in [3.63, 3.8) is 0 Å². The molecule has 0 radical (unpaired) electrons. The first-order valence-corrected chi connectivity index (χ1v) is 12.0. The fraction of sp³-hybridized carbons (Fsp3) is 0.370. The summed E-state index contributed by atoms with van der Waals surface area (Å²) in [6, 6.07) is 14.0. The molecule has 1 aliphatic heterocycles. The highest BCUT2D eigenvalue weighted by atomic mass is 16.5. The Morgan fingerprint density at radius 3 is 2.69 bits per heavy atom. The molecule has 5 rings (SSSR count). The summed E-state index contributed by atoms with van der Waals surface area (Å²) in [5, 5.41) is 4.49. The lowest BCUT2D eigenvalue weighted by Crippen LogP contribution is -2.42. The van der Waals surface area contributed by atoms with Gasteiger partial charge < -0.3 is 14.1 Å². The first-order chi connectivity index (χ1) is 16.9. The molecule has 0 bridgehead atoms. The molecule has 0 aliphatic carbocycles. The quantitative estimate of drug-likeness (QED) is 0.399. The molecule has 0 N–H and O–H groups in total. The van der Waals surface area contributed by atoms with E-state index in [2.05, 4.69) is 34.2 Å². The summed E-state index contributed by atoms with van der Waals surface area (Å²) in [6.07, 6.45) is 5.15. The second-order valence-corrected chi connectivity index (χ2v) is 9.40. The van der Waals surface area contributed by atoms with Crippen LogP contribution in [-0.2, 0) is 13.1 Å². The standard InChI is InChI=1S/C27H31N5O3/c1-19-13-20(2)32-26(28-19)15-25(29-32)27(33)31-10-7-23(8-11-31)35-24-6-4-5-21(14-24)16-30(3)17-22-9-12-34-18-22/h4-6,9,12-15,18,23H,7-8,10-11,16-17H2,1-3H3. The number of nitrogens with zero attached hydrogens (tertiary/aromatic N) is 5. The van der Waals surface area contributed by atoms with E-state index in [0.29, 0.717) is 24.4 Å². The Bertz CT molecular complexity index is 1310. The van der Waals surface area contributed by atoms with Crippen LogP contribution in [-0.4, -0.2) is 56.5 Å². The predicted octanol–water partition coefficient (Wildman–Crippen LogP) is 4.25. The molecule has 35 heavy (non-hydrogen) atoms. The van der Waals surface area contributed by atoms with Crippen LogP contribution in [0.2, 0.25) is 0 Å². The van der Waals surface area contributed by atoms with Crippen LogP contribution in [0, 0.1) is 13.8 Å². The van der Waals surface area contributed by atoms with Crippen molar-refractivity contribution in [1.82, 2.24) is 24.4 Å². The first kappa shape index (κ1) is 23.1. The third kappa shape index (κ3) is 5.38. The summed E-state index contributed by atoms with van der Waals surface area (Å²) >= 11 is 0. The summed E-state index contributed by atoms with van der Waals surface area (Å²) in [5.41, 5.74) is 5.39. The van der Waals surface area contributed by atoms with Gasteiger partial charge in [0.2, 0.25) is 0 Å². The monoisotopic (exact) mass is 473 g/mol. The Balaban J connectivity index is 1.15. The molecule has 1 fully saturated rings. The number of benzene rings is 1. The summed E-state index contributed by atoms with van der Waals surface area (Å²) in [4.78, 5) is 21.7. The highest BCUT2D eigenvalue weighted by Crippen LogP contribution is 2.22. The molecule has 0 atom stereocenters. The average molecular weight is 474 g/mol. The Hall–Kier alpha value is -3.65. The van der Waals surface area contributed by atoms with E-state index in [9.17, 15) is 4.79 Å². The summed E-state index contributed by atoms with van der Waals surface area (Å²) < 4.78 is 13.2. The third-order valence-corrected chi connectivity index (χ3v) is 6.37. The summed E-state index contributed by atoms with van der Waals surface area (Å²) in [7, 11) is 2.09. The maximum Gasteiger partial charge on any atom is 0.274 e.